The molecule has 3 aromatic carbocycles. The summed E-state index contributed by atoms with van der Waals surface area (Å²) in [6.07, 6.45) is 5.79. The molecule has 2 heterocycles. The summed E-state index contributed by atoms with van der Waals surface area (Å²) in [7, 11) is 0. The van der Waals surface area contributed by atoms with Gasteiger partial charge in [-0.2, -0.15) is 0 Å². The second kappa shape index (κ2) is 15.5. The molecule has 44 heavy (non-hydrogen) atoms. The minimum Gasteiger partial charge on any atom is -0.354 e. The quantitative estimate of drug-likeness (QED) is 0.134. The molecule has 7 heteroatoms. The van der Waals surface area contributed by atoms with Crippen molar-refractivity contribution in [2.24, 2.45) is 0 Å². The predicted molar refractivity (Wildman–Crippen MR) is 176 cm³/mol. The largest absolute Gasteiger partial charge is 0.354 e. The van der Waals surface area contributed by atoms with E-state index in [2.05, 4.69) is 69.5 Å². The summed E-state index contributed by atoms with van der Waals surface area (Å²) in [5, 5.41) is 10.7. The Kier molecular flexibility index (Phi) is 11.0. The molecule has 4 N–H and O–H groups in total. The number of piperidine rings is 1. The molecule has 0 saturated carbocycles. The Bertz CT molecular complexity index is 1520. The monoisotopic (exact) mass is 592 g/mol. The number of H-pyrrole nitrogens is 1. The number of amides is 2. The standard InChI is InChI=1S/C37H44N4O3/c1-26(42)13-5-2-10-20-34(41-37(44)33-22-21-29(25-39-33)27-14-6-3-7-15-27)36(43)38-24-23-31-30-18-11-12-19-32(30)40-35(31)28-16-8-4-9-17-28/h3-4,6-9,11-12,14-19,29,33-34,39-40H,2,5,10,13,20-25H2,1H3,(H,38,43)(H,41,44)/t29?,33?,34-/m0/s1. The first-order valence-corrected chi connectivity index (χ1v) is 16.0. The van der Waals surface area contributed by atoms with E-state index in [-0.39, 0.29) is 23.6 Å². The number of aromatic nitrogens is 1. The molecular formula is C37H44N4O3. The van der Waals surface area contributed by atoms with Crippen molar-refractivity contribution in [1.82, 2.24) is 20.9 Å². The Morgan fingerprint density at radius 3 is 2.32 bits per heavy atom. The third kappa shape index (κ3) is 8.23. The normalized spacial score (nSPS) is 17.2. The molecule has 0 spiro atoms. The summed E-state index contributed by atoms with van der Waals surface area (Å²) >= 11 is 0. The van der Waals surface area contributed by atoms with Crippen LogP contribution in [0.3, 0.4) is 0 Å². The summed E-state index contributed by atoms with van der Waals surface area (Å²) in [6.45, 7) is 2.79. The van der Waals surface area contributed by atoms with Gasteiger partial charge in [-0.1, -0.05) is 91.7 Å². The number of ketones is 1. The number of hydrogen-bond donors (Lipinski definition) is 4. The van der Waals surface area contributed by atoms with Crippen molar-refractivity contribution in [2.45, 2.75) is 76.3 Å². The fourth-order valence-corrected chi connectivity index (χ4v) is 6.28. The molecule has 1 aliphatic heterocycles. The summed E-state index contributed by atoms with van der Waals surface area (Å²) in [5.74, 6) is 0.273. The van der Waals surface area contributed by atoms with Crippen LogP contribution in [0.4, 0.5) is 0 Å². The molecule has 1 fully saturated rings. The number of carbonyl (C=O) groups excluding carboxylic acids is 3. The van der Waals surface area contributed by atoms with Gasteiger partial charge in [-0.05, 0) is 67.7 Å². The highest BCUT2D eigenvalue weighted by Crippen LogP contribution is 2.30. The maximum Gasteiger partial charge on any atom is 0.242 e. The van der Waals surface area contributed by atoms with Crippen molar-refractivity contribution < 1.29 is 14.4 Å². The number of rotatable bonds is 14. The lowest BCUT2D eigenvalue weighted by atomic mass is 9.88. The van der Waals surface area contributed by atoms with Crippen molar-refractivity contribution in [2.75, 3.05) is 13.1 Å². The van der Waals surface area contributed by atoms with Gasteiger partial charge in [-0.15, -0.1) is 0 Å². The Balaban J connectivity index is 1.20. The molecule has 0 aliphatic carbocycles. The molecule has 5 rings (SSSR count). The van der Waals surface area contributed by atoms with Crippen LogP contribution in [0.2, 0.25) is 0 Å². The number of unbranched alkanes of at least 4 members (excludes halogenated alkanes) is 2. The summed E-state index contributed by atoms with van der Waals surface area (Å²) in [4.78, 5) is 41.8. The van der Waals surface area contributed by atoms with Crippen LogP contribution in [0.5, 0.6) is 0 Å². The van der Waals surface area contributed by atoms with Gasteiger partial charge in [0.2, 0.25) is 11.8 Å². The predicted octanol–water partition coefficient (Wildman–Crippen LogP) is 6.05. The molecule has 4 aromatic rings. The number of fused-ring (bicyclic) bond motifs is 1. The van der Waals surface area contributed by atoms with E-state index >= 15 is 0 Å². The molecule has 230 valence electrons. The van der Waals surface area contributed by atoms with E-state index in [4.69, 9.17) is 0 Å². The minimum atomic E-state index is -0.620. The van der Waals surface area contributed by atoms with E-state index in [1.54, 1.807) is 6.92 Å². The van der Waals surface area contributed by atoms with Crippen LogP contribution in [0, 0.1) is 0 Å². The third-order valence-electron chi connectivity index (χ3n) is 8.71. The Labute approximate surface area is 260 Å². The minimum absolute atomic E-state index is 0.122. The van der Waals surface area contributed by atoms with E-state index in [9.17, 15) is 14.4 Å². The number of Topliss-reactive ketones (excluding diaryl/α,β-unsaturated/α-hetero) is 1. The van der Waals surface area contributed by atoms with Gasteiger partial charge in [0.1, 0.15) is 11.8 Å². The van der Waals surface area contributed by atoms with Gasteiger partial charge in [-0.3, -0.25) is 9.59 Å². The maximum absolute atomic E-state index is 13.5. The summed E-state index contributed by atoms with van der Waals surface area (Å²) in [6, 6.07) is 27.9. The first-order chi connectivity index (χ1) is 21.5. The lowest BCUT2D eigenvalue weighted by Crippen LogP contribution is -2.54. The number of aromatic amines is 1. The van der Waals surface area contributed by atoms with E-state index in [1.807, 2.05) is 36.4 Å². The maximum atomic E-state index is 13.5. The van der Waals surface area contributed by atoms with E-state index in [0.29, 0.717) is 31.7 Å². The Morgan fingerprint density at radius 1 is 0.864 bits per heavy atom. The van der Waals surface area contributed by atoms with Crippen LogP contribution >= 0.6 is 0 Å². The summed E-state index contributed by atoms with van der Waals surface area (Å²) < 4.78 is 0. The highest BCUT2D eigenvalue weighted by molar-refractivity contribution is 5.91. The van der Waals surface area contributed by atoms with Crippen LogP contribution in [0.25, 0.3) is 22.2 Å². The highest BCUT2D eigenvalue weighted by atomic mass is 16.2. The van der Waals surface area contributed by atoms with Gasteiger partial charge in [0, 0.05) is 36.1 Å². The van der Waals surface area contributed by atoms with Crippen LogP contribution in [0.1, 0.15) is 68.9 Å². The molecule has 0 bridgehead atoms. The molecule has 2 amide bonds. The zero-order chi connectivity index (χ0) is 30.7. The van der Waals surface area contributed by atoms with Crippen LogP contribution in [-0.4, -0.2) is 47.8 Å². The molecule has 1 saturated heterocycles. The Hall–Kier alpha value is -4.23. The molecule has 1 aromatic heterocycles. The second-order valence-corrected chi connectivity index (χ2v) is 11.9. The average Bonchev–Trinajstić information content (AvgIpc) is 3.43. The highest BCUT2D eigenvalue weighted by Gasteiger charge is 2.29. The number of benzene rings is 3. The molecular weight excluding hydrogens is 548 g/mol. The fourth-order valence-electron chi connectivity index (χ4n) is 6.28. The zero-order valence-corrected chi connectivity index (χ0v) is 25.6. The van der Waals surface area contributed by atoms with Gasteiger partial charge >= 0.3 is 0 Å². The van der Waals surface area contributed by atoms with E-state index in [1.165, 1.54) is 5.56 Å². The van der Waals surface area contributed by atoms with Crippen molar-refractivity contribution in [3.05, 3.63) is 96.1 Å². The zero-order valence-electron chi connectivity index (χ0n) is 25.6. The molecule has 0 radical (unpaired) electrons. The number of para-hydroxylation sites is 1. The van der Waals surface area contributed by atoms with Gasteiger partial charge in [-0.25, -0.2) is 0 Å². The van der Waals surface area contributed by atoms with Crippen molar-refractivity contribution in [3.63, 3.8) is 0 Å². The lowest BCUT2D eigenvalue weighted by Gasteiger charge is -2.30. The van der Waals surface area contributed by atoms with Gasteiger partial charge in [0.05, 0.1) is 6.04 Å². The first-order valence-electron chi connectivity index (χ1n) is 16.0. The lowest BCUT2D eigenvalue weighted by molar-refractivity contribution is -0.130. The van der Waals surface area contributed by atoms with Crippen LogP contribution in [-0.2, 0) is 20.8 Å². The van der Waals surface area contributed by atoms with Gasteiger partial charge in [0.15, 0.2) is 0 Å². The topological polar surface area (TPSA) is 103 Å². The average molecular weight is 593 g/mol. The van der Waals surface area contributed by atoms with E-state index in [0.717, 1.165) is 66.4 Å². The number of hydrogen-bond acceptors (Lipinski definition) is 4. The molecule has 1 aliphatic rings. The third-order valence-corrected chi connectivity index (χ3v) is 8.71. The van der Waals surface area contributed by atoms with Gasteiger partial charge in [0.25, 0.3) is 0 Å². The molecule has 3 atom stereocenters. The summed E-state index contributed by atoms with van der Waals surface area (Å²) in [5.41, 5.74) is 5.69. The number of carbonyl (C=O) groups is 3. The molecule has 7 nitrogen and oxygen atoms in total. The van der Waals surface area contributed by atoms with Crippen molar-refractivity contribution in [3.8, 4) is 11.3 Å². The van der Waals surface area contributed by atoms with Crippen LogP contribution < -0.4 is 16.0 Å². The first kappa shape index (κ1) is 31.2. The second-order valence-electron chi connectivity index (χ2n) is 11.9. The Morgan fingerprint density at radius 2 is 1.59 bits per heavy atom. The van der Waals surface area contributed by atoms with Gasteiger partial charge < -0.3 is 25.7 Å². The SMILES string of the molecule is CC(=O)CCCCC[C@H](NC(=O)C1CCC(c2ccccc2)CN1)C(=O)NCCc1c(-c2ccccc2)[nH]c2ccccc12. The molecule has 2 unspecified atom stereocenters. The van der Waals surface area contributed by atoms with Crippen LogP contribution in [0.15, 0.2) is 84.9 Å². The number of nitrogens with one attached hydrogen (secondary N) is 4. The van der Waals surface area contributed by atoms with E-state index < -0.39 is 6.04 Å². The van der Waals surface area contributed by atoms with Crippen molar-refractivity contribution >= 4 is 28.5 Å². The van der Waals surface area contributed by atoms with Crippen molar-refractivity contribution in [1.29, 1.82) is 0 Å². The smallest absolute Gasteiger partial charge is 0.242 e. The fraction of sp³-hybridized carbons (Fsp3) is 0.378.